The molecule has 6 rings (SSSR count). The number of hydrogen-bond donors (Lipinski definition) is 1. The first-order valence-corrected chi connectivity index (χ1v) is 20.6. The van der Waals surface area contributed by atoms with Gasteiger partial charge >= 0.3 is 5.97 Å². The van der Waals surface area contributed by atoms with E-state index < -0.39 is 20.4 Å². The minimum absolute atomic E-state index is 0.0555. The maximum Gasteiger partial charge on any atom is 0.345 e. The van der Waals surface area contributed by atoms with Crippen LogP contribution in [0.25, 0.3) is 33.7 Å². The number of aromatic nitrogens is 3. The lowest BCUT2D eigenvalue weighted by Crippen LogP contribution is -2.43. The van der Waals surface area contributed by atoms with Crippen LogP contribution in [0.15, 0.2) is 100 Å². The summed E-state index contributed by atoms with van der Waals surface area (Å²) in [6, 6.07) is 22.1. The van der Waals surface area contributed by atoms with Crippen LogP contribution >= 0.6 is 15.9 Å². The van der Waals surface area contributed by atoms with Gasteiger partial charge in [-0.2, -0.15) is 0 Å². The van der Waals surface area contributed by atoms with E-state index >= 15 is 0 Å². The molecule has 3 aromatic heterocycles. The Balaban J connectivity index is 1.32. The van der Waals surface area contributed by atoms with Gasteiger partial charge in [-0.15, -0.1) is 0 Å². The second kappa shape index (κ2) is 15.4. The number of methoxy groups -OCH3 is 1. The fraction of sp³-hybridized carbons (Fsp3) is 0.250. The van der Waals surface area contributed by atoms with Crippen LogP contribution in [0.5, 0.6) is 23.1 Å². The van der Waals surface area contributed by atoms with E-state index in [4.69, 9.17) is 28.0 Å². The Morgan fingerprint density at radius 1 is 0.981 bits per heavy atom. The van der Waals surface area contributed by atoms with E-state index in [1.54, 1.807) is 43.6 Å². The van der Waals surface area contributed by atoms with Gasteiger partial charge in [-0.1, -0.05) is 32.9 Å². The fourth-order valence-corrected chi connectivity index (χ4v) is 7.02. The van der Waals surface area contributed by atoms with E-state index in [1.807, 2.05) is 36.4 Å². The van der Waals surface area contributed by atoms with Gasteiger partial charge in [0, 0.05) is 36.0 Å². The number of carboxylic acids is 1. The van der Waals surface area contributed by atoms with Crippen LogP contribution in [0, 0.1) is 5.82 Å². The van der Waals surface area contributed by atoms with E-state index in [2.05, 4.69) is 59.8 Å². The van der Waals surface area contributed by atoms with Gasteiger partial charge in [0.05, 0.1) is 28.2 Å². The molecule has 13 heteroatoms. The number of furan rings is 1. The molecular formula is C40H39BrFN3O7Si. The molecule has 0 fully saturated rings. The van der Waals surface area contributed by atoms with Gasteiger partial charge in [-0.3, -0.25) is 0 Å². The summed E-state index contributed by atoms with van der Waals surface area (Å²) in [5.41, 5.74) is 2.93. The zero-order valence-corrected chi connectivity index (χ0v) is 32.7. The van der Waals surface area contributed by atoms with Crippen molar-refractivity contribution in [3.05, 3.63) is 113 Å². The predicted octanol–water partition coefficient (Wildman–Crippen LogP) is 9.90. The highest BCUT2D eigenvalue weighted by Gasteiger charge is 2.39. The van der Waals surface area contributed by atoms with E-state index in [9.17, 15) is 14.3 Å². The van der Waals surface area contributed by atoms with Crippen molar-refractivity contribution in [2.75, 3.05) is 7.11 Å². The number of hydrogen-bond acceptors (Lipinski definition) is 9. The third kappa shape index (κ3) is 8.36. The SMILES string of the molecule is COc1ccccc1-c1nccc(COc2ccc(O[Si](C)(C)C(C)(C)C)cc2C[C@@H](Oc2nccc3oc(-c4ccc(F)cc4)c(Br)c23)C(=O)O)n1. The first-order chi connectivity index (χ1) is 25.2. The summed E-state index contributed by atoms with van der Waals surface area (Å²) in [5.74, 6) is 1.06. The zero-order chi connectivity index (χ0) is 37.9. The highest BCUT2D eigenvalue weighted by Crippen LogP contribution is 2.42. The lowest BCUT2D eigenvalue weighted by Gasteiger charge is -2.36. The Morgan fingerprint density at radius 3 is 2.43 bits per heavy atom. The summed E-state index contributed by atoms with van der Waals surface area (Å²) in [7, 11) is -0.661. The average Bonchev–Trinajstić information content (AvgIpc) is 3.47. The minimum Gasteiger partial charge on any atom is -0.543 e. The largest absolute Gasteiger partial charge is 0.543 e. The van der Waals surface area contributed by atoms with Gasteiger partial charge in [0.25, 0.3) is 0 Å². The lowest BCUT2D eigenvalue weighted by atomic mass is 10.1. The quantitative estimate of drug-likeness (QED) is 0.113. The molecule has 274 valence electrons. The molecule has 0 aliphatic rings. The first-order valence-electron chi connectivity index (χ1n) is 16.9. The summed E-state index contributed by atoms with van der Waals surface area (Å²) in [4.78, 5) is 26.4. The molecule has 1 atom stereocenters. The van der Waals surface area contributed by atoms with Crippen molar-refractivity contribution in [3.63, 3.8) is 0 Å². The third-order valence-corrected chi connectivity index (χ3v) is 14.3. The molecule has 0 saturated carbocycles. The summed E-state index contributed by atoms with van der Waals surface area (Å²) >= 11 is 3.58. The van der Waals surface area contributed by atoms with Crippen molar-refractivity contribution in [1.29, 1.82) is 0 Å². The van der Waals surface area contributed by atoms with Crippen molar-refractivity contribution in [3.8, 4) is 45.8 Å². The normalized spacial score (nSPS) is 12.4. The number of carboxylic acid groups (broad SMARTS) is 1. The molecule has 0 radical (unpaired) electrons. The Hall–Kier alpha value is -5.27. The van der Waals surface area contributed by atoms with Gasteiger partial charge in [0.15, 0.2) is 5.82 Å². The number of rotatable bonds is 13. The number of nitrogens with zero attached hydrogens (tertiary/aromatic N) is 3. The summed E-state index contributed by atoms with van der Waals surface area (Å²) < 4.78 is 44.8. The van der Waals surface area contributed by atoms with Crippen LogP contribution in [-0.2, 0) is 17.8 Å². The molecule has 3 aromatic carbocycles. The number of benzene rings is 3. The van der Waals surface area contributed by atoms with Crippen molar-refractivity contribution in [2.45, 2.75) is 58.0 Å². The van der Waals surface area contributed by atoms with Crippen molar-refractivity contribution < 1.29 is 37.3 Å². The number of halogens is 2. The van der Waals surface area contributed by atoms with E-state index in [1.165, 1.54) is 18.3 Å². The van der Waals surface area contributed by atoms with Crippen LogP contribution in [0.4, 0.5) is 4.39 Å². The van der Waals surface area contributed by atoms with Crippen LogP contribution in [0.3, 0.4) is 0 Å². The maximum atomic E-state index is 13.6. The highest BCUT2D eigenvalue weighted by molar-refractivity contribution is 9.10. The molecule has 0 amide bonds. The van der Waals surface area contributed by atoms with E-state index in [0.29, 0.717) is 61.1 Å². The first kappa shape index (κ1) is 37.5. The molecule has 0 bridgehead atoms. The number of para-hydroxylation sites is 1. The molecule has 0 unspecified atom stereocenters. The smallest absolute Gasteiger partial charge is 0.345 e. The molecule has 6 aromatic rings. The number of aliphatic carboxylic acids is 1. The molecule has 0 aliphatic carbocycles. The van der Waals surface area contributed by atoms with Crippen LogP contribution in [0.1, 0.15) is 32.0 Å². The van der Waals surface area contributed by atoms with Crippen molar-refractivity contribution in [1.82, 2.24) is 15.0 Å². The molecular weight excluding hydrogens is 761 g/mol. The minimum atomic E-state index is -2.25. The van der Waals surface area contributed by atoms with Crippen molar-refractivity contribution in [2.24, 2.45) is 0 Å². The Bertz CT molecular complexity index is 2260. The van der Waals surface area contributed by atoms with Crippen LogP contribution in [0.2, 0.25) is 18.1 Å². The molecule has 3 heterocycles. The zero-order valence-electron chi connectivity index (χ0n) is 30.1. The molecule has 10 nitrogen and oxygen atoms in total. The van der Waals surface area contributed by atoms with Gasteiger partial charge < -0.3 is 28.2 Å². The molecule has 0 spiro atoms. The summed E-state index contributed by atoms with van der Waals surface area (Å²) in [5, 5.41) is 10.8. The maximum absolute atomic E-state index is 13.6. The number of carbonyl (C=O) groups is 1. The molecule has 1 N–H and O–H groups in total. The Morgan fingerprint density at radius 2 is 1.72 bits per heavy atom. The Labute approximate surface area is 316 Å². The third-order valence-electron chi connectivity index (χ3n) is 9.20. The second-order valence-corrected chi connectivity index (χ2v) is 19.4. The fourth-order valence-electron chi connectivity index (χ4n) is 5.33. The highest BCUT2D eigenvalue weighted by atomic mass is 79.9. The summed E-state index contributed by atoms with van der Waals surface area (Å²) in [6.45, 7) is 10.8. The monoisotopic (exact) mass is 799 g/mol. The van der Waals surface area contributed by atoms with Gasteiger partial charge in [0.1, 0.15) is 41.0 Å². The standard InChI is InChI=1S/C40H39BrFN3O7Si/c1-40(2,3)53(5,6)52-28-15-16-30(49-23-27-17-19-43-37(45-27)29-9-7-8-10-31(29)48-4)25(21-28)22-33(39(46)47)51-38-34-32(18-20-44-38)50-36(35(34)41)24-11-13-26(42)14-12-24/h7-21,33H,22-23H2,1-6H3,(H,46,47)/t33-/m1/s1. The van der Waals surface area contributed by atoms with Crippen molar-refractivity contribution >= 4 is 41.2 Å². The summed E-state index contributed by atoms with van der Waals surface area (Å²) in [6.07, 6.45) is 1.66. The van der Waals surface area contributed by atoms with E-state index in [0.717, 1.165) is 5.56 Å². The molecule has 0 saturated heterocycles. The topological polar surface area (TPSA) is 126 Å². The Kier molecular flexibility index (Phi) is 10.9. The van der Waals surface area contributed by atoms with Gasteiger partial charge in [0.2, 0.25) is 20.3 Å². The van der Waals surface area contributed by atoms with Gasteiger partial charge in [-0.05, 0) is 94.7 Å². The van der Waals surface area contributed by atoms with Crippen LogP contribution < -0.4 is 18.6 Å². The average molecular weight is 801 g/mol. The van der Waals surface area contributed by atoms with Crippen LogP contribution in [-0.4, -0.2) is 47.6 Å². The van der Waals surface area contributed by atoms with Gasteiger partial charge in [-0.25, -0.2) is 24.1 Å². The predicted molar refractivity (Wildman–Crippen MR) is 205 cm³/mol. The second-order valence-electron chi connectivity index (χ2n) is 13.9. The number of pyridine rings is 1. The number of fused-ring (bicyclic) bond motifs is 1. The number of ether oxygens (including phenoxy) is 3. The molecule has 53 heavy (non-hydrogen) atoms. The van der Waals surface area contributed by atoms with E-state index in [-0.39, 0.29) is 29.8 Å². The molecule has 0 aliphatic heterocycles. The lowest BCUT2D eigenvalue weighted by molar-refractivity contribution is -0.145.